The van der Waals surface area contributed by atoms with Crippen LogP contribution in [0.2, 0.25) is 0 Å². The van der Waals surface area contributed by atoms with Crippen molar-refractivity contribution in [3.8, 4) is 0 Å². The first-order valence-corrected chi connectivity index (χ1v) is 6.85. The topological polar surface area (TPSA) is 90.5 Å². The van der Waals surface area contributed by atoms with E-state index in [1.807, 2.05) is 6.92 Å². The molecule has 0 bridgehead atoms. The monoisotopic (exact) mass is 298 g/mol. The summed E-state index contributed by atoms with van der Waals surface area (Å²) in [5.41, 5.74) is -0.139. The van der Waals surface area contributed by atoms with Gasteiger partial charge in [-0.25, -0.2) is 9.59 Å². The van der Waals surface area contributed by atoms with E-state index in [0.717, 1.165) is 0 Å². The number of aromatic nitrogens is 2. The van der Waals surface area contributed by atoms with Crippen LogP contribution in [-0.2, 0) is 20.8 Å². The molecule has 0 aliphatic rings. The molecule has 0 aromatic carbocycles. The lowest BCUT2D eigenvalue weighted by Gasteiger charge is -2.19. The molecule has 118 valence electrons. The summed E-state index contributed by atoms with van der Waals surface area (Å²) in [5.74, 6) is -1.18. The van der Waals surface area contributed by atoms with Crippen molar-refractivity contribution in [1.82, 2.24) is 10.2 Å². The molecule has 0 radical (unpaired) electrons. The zero-order valence-electron chi connectivity index (χ0n) is 13.1. The van der Waals surface area contributed by atoms with Crippen molar-refractivity contribution in [2.24, 2.45) is 0 Å². The summed E-state index contributed by atoms with van der Waals surface area (Å²) in [6.07, 6.45) is 0. The van der Waals surface area contributed by atoms with Crippen molar-refractivity contribution in [3.05, 3.63) is 17.0 Å². The van der Waals surface area contributed by atoms with Crippen LogP contribution in [0.15, 0.2) is 0 Å². The Labute approximate surface area is 124 Å². The lowest BCUT2D eigenvalue weighted by Crippen LogP contribution is -2.25. The van der Waals surface area contributed by atoms with Gasteiger partial charge < -0.3 is 14.2 Å². The molecular weight excluding hydrogens is 276 g/mol. The van der Waals surface area contributed by atoms with Gasteiger partial charge in [0.15, 0.2) is 5.69 Å². The summed E-state index contributed by atoms with van der Waals surface area (Å²) in [4.78, 5) is 24.0. The SMILES string of the molecule is CCOCc1c(C(=O)OC(C)(C)C)n[nH]c1C(=O)OCC. The van der Waals surface area contributed by atoms with Crippen molar-refractivity contribution >= 4 is 11.9 Å². The molecule has 1 rings (SSSR count). The molecule has 0 aliphatic carbocycles. The molecule has 0 spiro atoms. The minimum atomic E-state index is -0.650. The van der Waals surface area contributed by atoms with E-state index in [-0.39, 0.29) is 24.6 Å². The minimum Gasteiger partial charge on any atom is -0.461 e. The van der Waals surface area contributed by atoms with Crippen LogP contribution in [0.25, 0.3) is 0 Å². The fraction of sp³-hybridized carbons (Fsp3) is 0.643. The summed E-state index contributed by atoms with van der Waals surface area (Å²) in [7, 11) is 0. The van der Waals surface area contributed by atoms with Crippen molar-refractivity contribution in [2.45, 2.75) is 46.8 Å². The minimum absolute atomic E-state index is 0.0430. The zero-order chi connectivity index (χ0) is 16.0. The maximum atomic E-state index is 12.1. The molecule has 0 amide bonds. The lowest BCUT2D eigenvalue weighted by molar-refractivity contribution is 0.00582. The van der Waals surface area contributed by atoms with E-state index >= 15 is 0 Å². The van der Waals surface area contributed by atoms with Gasteiger partial charge in [0.2, 0.25) is 0 Å². The van der Waals surface area contributed by atoms with Crippen LogP contribution in [0.3, 0.4) is 0 Å². The highest BCUT2D eigenvalue weighted by Gasteiger charge is 2.28. The first-order valence-electron chi connectivity index (χ1n) is 6.85. The number of hydrogen-bond acceptors (Lipinski definition) is 6. The average molecular weight is 298 g/mol. The van der Waals surface area contributed by atoms with Gasteiger partial charge in [-0.15, -0.1) is 0 Å². The maximum absolute atomic E-state index is 12.1. The van der Waals surface area contributed by atoms with E-state index < -0.39 is 17.5 Å². The molecule has 21 heavy (non-hydrogen) atoms. The number of carbonyl (C=O) groups is 2. The Morgan fingerprint density at radius 2 is 1.81 bits per heavy atom. The molecule has 0 unspecified atom stereocenters. The van der Waals surface area contributed by atoms with E-state index in [9.17, 15) is 9.59 Å². The van der Waals surface area contributed by atoms with Gasteiger partial charge in [-0.05, 0) is 34.6 Å². The molecule has 7 heteroatoms. The van der Waals surface area contributed by atoms with E-state index in [2.05, 4.69) is 10.2 Å². The van der Waals surface area contributed by atoms with Crippen LogP contribution in [0.5, 0.6) is 0 Å². The fourth-order valence-corrected chi connectivity index (χ4v) is 1.58. The van der Waals surface area contributed by atoms with Gasteiger partial charge in [-0.3, -0.25) is 5.10 Å². The Morgan fingerprint density at radius 1 is 1.14 bits per heavy atom. The summed E-state index contributed by atoms with van der Waals surface area (Å²) in [5, 5.41) is 6.41. The van der Waals surface area contributed by atoms with Crippen LogP contribution in [0.4, 0.5) is 0 Å². The molecule has 0 aliphatic heterocycles. The number of rotatable bonds is 6. The van der Waals surface area contributed by atoms with Crippen molar-refractivity contribution < 1.29 is 23.8 Å². The Kier molecular flexibility index (Phi) is 5.90. The van der Waals surface area contributed by atoms with Crippen LogP contribution < -0.4 is 0 Å². The number of hydrogen-bond donors (Lipinski definition) is 1. The lowest BCUT2D eigenvalue weighted by atomic mass is 10.1. The number of H-pyrrole nitrogens is 1. The van der Waals surface area contributed by atoms with E-state index in [4.69, 9.17) is 14.2 Å². The Bertz CT molecular complexity index is 502. The molecular formula is C14H22N2O5. The molecule has 1 aromatic rings. The van der Waals surface area contributed by atoms with Gasteiger partial charge in [0.25, 0.3) is 0 Å². The first kappa shape index (κ1) is 17.2. The van der Waals surface area contributed by atoms with Gasteiger partial charge in [0.1, 0.15) is 11.3 Å². The summed E-state index contributed by atoms with van der Waals surface area (Å²) in [6, 6.07) is 0. The van der Waals surface area contributed by atoms with Crippen LogP contribution >= 0.6 is 0 Å². The number of aromatic amines is 1. The largest absolute Gasteiger partial charge is 0.461 e. The quantitative estimate of drug-likeness (QED) is 0.809. The van der Waals surface area contributed by atoms with Crippen LogP contribution in [-0.4, -0.2) is 41.0 Å². The third-order valence-corrected chi connectivity index (χ3v) is 2.39. The third kappa shape index (κ3) is 4.86. The standard InChI is InChI=1S/C14H22N2O5/c1-6-19-8-9-10(12(17)20-7-2)15-16-11(9)13(18)21-14(3,4)5/h6-8H2,1-5H3,(H,15,16). The predicted molar refractivity (Wildman–Crippen MR) is 75.0 cm³/mol. The smallest absolute Gasteiger partial charge is 0.359 e. The van der Waals surface area contributed by atoms with Crippen molar-refractivity contribution in [1.29, 1.82) is 0 Å². The van der Waals surface area contributed by atoms with Gasteiger partial charge in [-0.2, -0.15) is 5.10 Å². The number of nitrogens with zero attached hydrogens (tertiary/aromatic N) is 1. The zero-order valence-corrected chi connectivity index (χ0v) is 13.1. The second kappa shape index (κ2) is 7.21. The number of carbonyl (C=O) groups excluding carboxylic acids is 2. The average Bonchev–Trinajstić information content (AvgIpc) is 2.78. The maximum Gasteiger partial charge on any atom is 0.359 e. The second-order valence-electron chi connectivity index (χ2n) is 5.29. The van der Waals surface area contributed by atoms with Crippen molar-refractivity contribution in [3.63, 3.8) is 0 Å². The molecule has 1 N–H and O–H groups in total. The molecule has 1 heterocycles. The molecule has 7 nitrogen and oxygen atoms in total. The van der Waals surface area contributed by atoms with Crippen LogP contribution in [0.1, 0.15) is 61.2 Å². The highest BCUT2D eigenvalue weighted by Crippen LogP contribution is 2.18. The van der Waals surface area contributed by atoms with E-state index in [1.54, 1.807) is 27.7 Å². The molecule has 0 saturated heterocycles. The molecule has 0 fully saturated rings. The highest BCUT2D eigenvalue weighted by atomic mass is 16.6. The van der Waals surface area contributed by atoms with Gasteiger partial charge >= 0.3 is 11.9 Å². The Balaban J connectivity index is 3.08. The molecule has 1 aromatic heterocycles. The Hall–Kier alpha value is -1.89. The summed E-state index contributed by atoms with van der Waals surface area (Å²) in [6.45, 7) is 9.54. The third-order valence-electron chi connectivity index (χ3n) is 2.39. The van der Waals surface area contributed by atoms with Gasteiger partial charge in [-0.1, -0.05) is 0 Å². The number of esters is 2. The first-order chi connectivity index (χ1) is 9.80. The molecule has 0 atom stereocenters. The summed E-state index contributed by atoms with van der Waals surface area (Å²) < 4.78 is 15.5. The fourth-order valence-electron chi connectivity index (χ4n) is 1.58. The van der Waals surface area contributed by atoms with Gasteiger partial charge in [0, 0.05) is 12.2 Å². The normalized spacial score (nSPS) is 11.3. The van der Waals surface area contributed by atoms with Crippen molar-refractivity contribution in [2.75, 3.05) is 13.2 Å². The molecule has 0 saturated carbocycles. The number of nitrogens with one attached hydrogen (secondary N) is 1. The predicted octanol–water partition coefficient (Wildman–Crippen LogP) is 2.08. The van der Waals surface area contributed by atoms with Gasteiger partial charge in [0.05, 0.1) is 13.2 Å². The van der Waals surface area contributed by atoms with E-state index in [0.29, 0.717) is 12.2 Å². The second-order valence-corrected chi connectivity index (χ2v) is 5.29. The van der Waals surface area contributed by atoms with E-state index in [1.165, 1.54) is 0 Å². The number of ether oxygens (including phenoxy) is 3. The Morgan fingerprint density at radius 3 is 2.33 bits per heavy atom. The highest BCUT2D eigenvalue weighted by molar-refractivity contribution is 5.95. The van der Waals surface area contributed by atoms with Crippen LogP contribution in [0, 0.1) is 0 Å². The summed E-state index contributed by atoms with van der Waals surface area (Å²) >= 11 is 0.